The number of likely N-dealkylation sites (N-methyl/N-ethyl adjacent to an activating group) is 1. The Balaban J connectivity index is 3.83. The average Bonchev–Trinajstić information content (AvgIpc) is 1.99. The molecule has 0 heterocycles. The number of hydrogen-bond donors (Lipinski definition) is 0. The molecule has 0 rings (SSSR count). The summed E-state index contributed by atoms with van der Waals surface area (Å²) in [4.78, 5) is 12.6. The van der Waals surface area contributed by atoms with Gasteiger partial charge in [-0.05, 0) is 20.8 Å². The lowest BCUT2D eigenvalue weighted by molar-refractivity contribution is -0.139. The highest BCUT2D eigenvalue weighted by molar-refractivity contribution is 5.77. The smallest absolute Gasteiger partial charge is 0.249 e. The van der Waals surface area contributed by atoms with Crippen LogP contribution in [0.25, 0.3) is 0 Å². The van der Waals surface area contributed by atoms with Crippen LogP contribution in [0.5, 0.6) is 0 Å². The molecule has 0 aliphatic carbocycles. The fourth-order valence-electron chi connectivity index (χ4n) is 0.583. The molecule has 0 N–H and O–H groups in total. The summed E-state index contributed by atoms with van der Waals surface area (Å²) in [7, 11) is 1.58. The van der Waals surface area contributed by atoms with E-state index in [1.807, 2.05) is 26.8 Å². The molecule has 4 heteroatoms. The van der Waals surface area contributed by atoms with Crippen molar-refractivity contribution in [2.45, 2.75) is 26.4 Å². The third-order valence-electron chi connectivity index (χ3n) is 1.36. The maximum Gasteiger partial charge on any atom is 0.249 e. The van der Waals surface area contributed by atoms with Gasteiger partial charge < -0.3 is 9.64 Å². The highest BCUT2D eigenvalue weighted by Gasteiger charge is 2.14. The fourth-order valence-corrected chi connectivity index (χ4v) is 0.583. The van der Waals surface area contributed by atoms with Gasteiger partial charge in [0.2, 0.25) is 5.91 Å². The van der Waals surface area contributed by atoms with E-state index in [0.29, 0.717) is 0 Å². The molecule has 4 nitrogen and oxygen atoms in total. The Labute approximate surface area is 79.1 Å². The predicted molar refractivity (Wildman–Crippen MR) is 49.0 cm³/mol. The first-order chi connectivity index (χ1) is 5.87. The maximum absolute atomic E-state index is 11.2. The lowest BCUT2D eigenvalue weighted by Gasteiger charge is -2.21. The molecule has 0 aliphatic rings. The molecule has 0 spiro atoms. The molecule has 74 valence electrons. The van der Waals surface area contributed by atoms with Crippen LogP contribution in [0.3, 0.4) is 0 Å². The average molecular weight is 184 g/mol. The van der Waals surface area contributed by atoms with Crippen molar-refractivity contribution in [1.82, 2.24) is 4.90 Å². The summed E-state index contributed by atoms with van der Waals surface area (Å²) in [5.41, 5.74) is -0.316. The van der Waals surface area contributed by atoms with Crippen molar-refractivity contribution in [2.75, 3.05) is 20.2 Å². The van der Waals surface area contributed by atoms with E-state index < -0.39 is 0 Å². The molecule has 0 saturated carbocycles. The zero-order chi connectivity index (χ0) is 10.5. The molecule has 0 bridgehead atoms. The van der Waals surface area contributed by atoms with Crippen LogP contribution in [0.4, 0.5) is 0 Å². The molecule has 0 aromatic carbocycles. The van der Waals surface area contributed by atoms with Gasteiger partial charge in [-0.2, -0.15) is 5.26 Å². The van der Waals surface area contributed by atoms with Crippen molar-refractivity contribution in [3.8, 4) is 6.07 Å². The zero-order valence-electron chi connectivity index (χ0n) is 8.63. The van der Waals surface area contributed by atoms with Crippen LogP contribution < -0.4 is 0 Å². The Hall–Kier alpha value is -1.08. The number of amides is 1. The van der Waals surface area contributed by atoms with E-state index >= 15 is 0 Å². The number of hydrogen-bond acceptors (Lipinski definition) is 3. The highest BCUT2D eigenvalue weighted by atomic mass is 16.5. The van der Waals surface area contributed by atoms with Crippen LogP contribution >= 0.6 is 0 Å². The molecule has 0 aromatic rings. The van der Waals surface area contributed by atoms with Gasteiger partial charge in [0, 0.05) is 7.05 Å². The van der Waals surface area contributed by atoms with E-state index in [4.69, 9.17) is 10.00 Å². The maximum atomic E-state index is 11.2. The first kappa shape index (κ1) is 11.9. The normalized spacial score (nSPS) is 10.7. The van der Waals surface area contributed by atoms with Crippen LogP contribution in [-0.4, -0.2) is 36.6 Å². The lowest BCUT2D eigenvalue weighted by atomic mass is 10.2. The molecule has 0 saturated heterocycles. The van der Waals surface area contributed by atoms with Crippen molar-refractivity contribution < 1.29 is 9.53 Å². The summed E-state index contributed by atoms with van der Waals surface area (Å²) in [5.74, 6) is -0.170. The van der Waals surface area contributed by atoms with Gasteiger partial charge in [0.25, 0.3) is 0 Å². The quantitative estimate of drug-likeness (QED) is 0.609. The summed E-state index contributed by atoms with van der Waals surface area (Å²) in [6.45, 7) is 5.77. The van der Waals surface area contributed by atoms with Crippen molar-refractivity contribution in [1.29, 1.82) is 5.26 Å². The van der Waals surface area contributed by atoms with Crippen molar-refractivity contribution >= 4 is 5.91 Å². The van der Waals surface area contributed by atoms with Gasteiger partial charge in [-0.3, -0.25) is 4.79 Å². The Morgan fingerprint density at radius 1 is 1.54 bits per heavy atom. The SMILES string of the molecule is CN(CC#N)C(=O)COC(C)(C)C. The predicted octanol–water partition coefficient (Wildman–Crippen LogP) is 0.783. The fraction of sp³-hybridized carbons (Fsp3) is 0.778. The van der Waals surface area contributed by atoms with Crippen LogP contribution in [-0.2, 0) is 9.53 Å². The number of nitriles is 1. The number of nitrogens with zero attached hydrogens (tertiary/aromatic N) is 2. The second kappa shape index (κ2) is 4.83. The number of carbonyl (C=O) groups excluding carboxylic acids is 1. The molecule has 0 fully saturated rings. The molecular formula is C9H16N2O2. The first-order valence-corrected chi connectivity index (χ1v) is 4.11. The van der Waals surface area contributed by atoms with E-state index in [1.54, 1.807) is 7.05 Å². The van der Waals surface area contributed by atoms with Gasteiger partial charge in [-0.1, -0.05) is 0 Å². The standard InChI is InChI=1S/C9H16N2O2/c1-9(2,3)13-7-8(12)11(4)6-5-10/h6-7H2,1-4H3. The molecule has 0 atom stereocenters. The van der Waals surface area contributed by atoms with Gasteiger partial charge in [0.05, 0.1) is 11.7 Å². The summed E-state index contributed by atoms with van der Waals surface area (Å²) in [6.07, 6.45) is 0. The van der Waals surface area contributed by atoms with Gasteiger partial charge in [-0.25, -0.2) is 0 Å². The Kier molecular flexibility index (Phi) is 4.43. The molecular weight excluding hydrogens is 168 g/mol. The summed E-state index contributed by atoms with van der Waals surface area (Å²) >= 11 is 0. The van der Waals surface area contributed by atoms with Crippen LogP contribution in [0.1, 0.15) is 20.8 Å². The van der Waals surface area contributed by atoms with E-state index in [0.717, 1.165) is 0 Å². The minimum atomic E-state index is -0.316. The van der Waals surface area contributed by atoms with Gasteiger partial charge in [0.15, 0.2) is 0 Å². The number of carbonyl (C=O) groups is 1. The molecule has 0 aromatic heterocycles. The van der Waals surface area contributed by atoms with Gasteiger partial charge in [0.1, 0.15) is 13.2 Å². The molecule has 0 unspecified atom stereocenters. The molecule has 1 amide bonds. The summed E-state index contributed by atoms with van der Waals surface area (Å²) in [6, 6.07) is 1.90. The van der Waals surface area contributed by atoms with E-state index in [-0.39, 0.29) is 24.7 Å². The van der Waals surface area contributed by atoms with E-state index in [1.165, 1.54) is 4.90 Å². The summed E-state index contributed by atoms with van der Waals surface area (Å²) < 4.78 is 5.26. The third-order valence-corrected chi connectivity index (χ3v) is 1.36. The van der Waals surface area contributed by atoms with Crippen LogP contribution in [0.15, 0.2) is 0 Å². The first-order valence-electron chi connectivity index (χ1n) is 4.11. The second-order valence-corrected chi connectivity index (χ2v) is 3.81. The zero-order valence-corrected chi connectivity index (χ0v) is 8.63. The summed E-state index contributed by atoms with van der Waals surface area (Å²) in [5, 5.41) is 8.33. The minimum absolute atomic E-state index is 0.0294. The van der Waals surface area contributed by atoms with Crippen LogP contribution in [0.2, 0.25) is 0 Å². The molecule has 0 aliphatic heterocycles. The topological polar surface area (TPSA) is 53.3 Å². The molecule has 13 heavy (non-hydrogen) atoms. The van der Waals surface area contributed by atoms with E-state index in [2.05, 4.69) is 0 Å². The van der Waals surface area contributed by atoms with Crippen molar-refractivity contribution in [3.63, 3.8) is 0 Å². The monoisotopic (exact) mass is 184 g/mol. The van der Waals surface area contributed by atoms with E-state index in [9.17, 15) is 4.79 Å². The van der Waals surface area contributed by atoms with Gasteiger partial charge in [-0.15, -0.1) is 0 Å². The minimum Gasteiger partial charge on any atom is -0.366 e. The van der Waals surface area contributed by atoms with Gasteiger partial charge >= 0.3 is 0 Å². The Bertz CT molecular complexity index is 213. The van der Waals surface area contributed by atoms with Crippen molar-refractivity contribution in [2.24, 2.45) is 0 Å². The second-order valence-electron chi connectivity index (χ2n) is 3.81. The largest absolute Gasteiger partial charge is 0.366 e. The number of ether oxygens (including phenoxy) is 1. The Morgan fingerprint density at radius 3 is 2.46 bits per heavy atom. The van der Waals surface area contributed by atoms with Crippen LogP contribution in [0, 0.1) is 11.3 Å². The third kappa shape index (κ3) is 6.12. The molecule has 0 radical (unpaired) electrons. The Morgan fingerprint density at radius 2 is 2.08 bits per heavy atom. The van der Waals surface area contributed by atoms with Crippen molar-refractivity contribution in [3.05, 3.63) is 0 Å². The highest BCUT2D eigenvalue weighted by Crippen LogP contribution is 2.06. The lowest BCUT2D eigenvalue weighted by Crippen LogP contribution is -2.33. The number of rotatable bonds is 3.